The number of carbonyl (C=O) groups is 1. The summed E-state index contributed by atoms with van der Waals surface area (Å²) in [6.45, 7) is 2.93. The van der Waals surface area contributed by atoms with Gasteiger partial charge in [-0.3, -0.25) is 0 Å². The molecule has 0 radical (unpaired) electrons. The SMILES string of the molecule is CC[C@H](CC=O)NCc1ccccc1. The van der Waals surface area contributed by atoms with Crippen molar-refractivity contribution in [3.63, 3.8) is 0 Å². The summed E-state index contributed by atoms with van der Waals surface area (Å²) < 4.78 is 0. The zero-order valence-electron chi connectivity index (χ0n) is 8.57. The number of aldehydes is 1. The van der Waals surface area contributed by atoms with Crippen LogP contribution in [-0.2, 0) is 11.3 Å². The Balaban J connectivity index is 2.35. The Labute approximate surface area is 85.3 Å². The summed E-state index contributed by atoms with van der Waals surface area (Å²) in [7, 11) is 0. The molecule has 1 atom stereocenters. The number of hydrogen-bond donors (Lipinski definition) is 1. The predicted molar refractivity (Wildman–Crippen MR) is 58.0 cm³/mol. The Morgan fingerprint density at radius 3 is 2.64 bits per heavy atom. The van der Waals surface area contributed by atoms with Crippen molar-refractivity contribution in [2.45, 2.75) is 32.4 Å². The summed E-state index contributed by atoms with van der Waals surface area (Å²) in [6.07, 6.45) is 2.57. The molecular weight excluding hydrogens is 174 g/mol. The summed E-state index contributed by atoms with van der Waals surface area (Å²) in [5, 5.41) is 3.36. The highest BCUT2D eigenvalue weighted by Gasteiger charge is 2.03. The molecule has 0 aliphatic rings. The summed E-state index contributed by atoms with van der Waals surface area (Å²) in [5.41, 5.74) is 1.26. The molecule has 1 rings (SSSR count). The zero-order valence-corrected chi connectivity index (χ0v) is 8.57. The van der Waals surface area contributed by atoms with Crippen molar-refractivity contribution in [2.24, 2.45) is 0 Å². The standard InChI is InChI=1S/C12H17NO/c1-2-12(8-9-14)13-10-11-6-4-3-5-7-11/h3-7,9,12-13H,2,8,10H2,1H3/t12-/m1/s1. The predicted octanol–water partition coefficient (Wildman–Crippen LogP) is 2.14. The molecule has 0 aromatic heterocycles. The second kappa shape index (κ2) is 6.33. The van der Waals surface area contributed by atoms with E-state index in [0.717, 1.165) is 19.3 Å². The van der Waals surface area contributed by atoms with Crippen LogP contribution in [-0.4, -0.2) is 12.3 Å². The second-order valence-corrected chi connectivity index (χ2v) is 3.37. The molecule has 2 heteroatoms. The van der Waals surface area contributed by atoms with Gasteiger partial charge in [-0.2, -0.15) is 0 Å². The van der Waals surface area contributed by atoms with E-state index in [1.165, 1.54) is 5.56 Å². The van der Waals surface area contributed by atoms with Crippen LogP contribution in [0.5, 0.6) is 0 Å². The van der Waals surface area contributed by atoms with E-state index < -0.39 is 0 Å². The highest BCUT2D eigenvalue weighted by molar-refractivity contribution is 5.50. The molecule has 0 bridgehead atoms. The Kier molecular flexibility index (Phi) is 4.94. The van der Waals surface area contributed by atoms with E-state index in [9.17, 15) is 4.79 Å². The van der Waals surface area contributed by atoms with Crippen molar-refractivity contribution in [3.05, 3.63) is 35.9 Å². The first-order valence-corrected chi connectivity index (χ1v) is 5.07. The van der Waals surface area contributed by atoms with E-state index in [1.54, 1.807) is 0 Å². The van der Waals surface area contributed by atoms with Gasteiger partial charge < -0.3 is 10.1 Å². The highest BCUT2D eigenvalue weighted by Crippen LogP contribution is 2.01. The third kappa shape index (κ3) is 3.71. The van der Waals surface area contributed by atoms with Crippen LogP contribution in [0.1, 0.15) is 25.3 Å². The number of carbonyl (C=O) groups excluding carboxylic acids is 1. The summed E-state index contributed by atoms with van der Waals surface area (Å²) in [5.74, 6) is 0. The molecule has 0 saturated carbocycles. The summed E-state index contributed by atoms with van der Waals surface area (Å²) >= 11 is 0. The lowest BCUT2D eigenvalue weighted by atomic mass is 10.1. The molecule has 14 heavy (non-hydrogen) atoms. The van der Waals surface area contributed by atoms with Crippen LogP contribution < -0.4 is 5.32 Å². The van der Waals surface area contributed by atoms with Crippen molar-refractivity contribution >= 4 is 6.29 Å². The normalized spacial score (nSPS) is 12.4. The Morgan fingerprint density at radius 2 is 2.07 bits per heavy atom. The maximum absolute atomic E-state index is 10.3. The Hall–Kier alpha value is -1.15. The molecule has 2 nitrogen and oxygen atoms in total. The molecule has 0 spiro atoms. The van der Waals surface area contributed by atoms with Crippen molar-refractivity contribution < 1.29 is 4.79 Å². The van der Waals surface area contributed by atoms with E-state index >= 15 is 0 Å². The monoisotopic (exact) mass is 191 g/mol. The lowest BCUT2D eigenvalue weighted by molar-refractivity contribution is -0.108. The quantitative estimate of drug-likeness (QED) is 0.698. The molecule has 0 unspecified atom stereocenters. The van der Waals surface area contributed by atoms with Gasteiger partial charge in [0.1, 0.15) is 6.29 Å². The maximum atomic E-state index is 10.3. The smallest absolute Gasteiger partial charge is 0.121 e. The summed E-state index contributed by atoms with van der Waals surface area (Å²) in [6, 6.07) is 10.5. The van der Waals surface area contributed by atoms with Crippen LogP contribution in [0.25, 0.3) is 0 Å². The van der Waals surface area contributed by atoms with Crippen molar-refractivity contribution in [1.29, 1.82) is 0 Å². The molecule has 0 fully saturated rings. The zero-order chi connectivity index (χ0) is 10.2. The van der Waals surface area contributed by atoms with Crippen LogP contribution in [0.3, 0.4) is 0 Å². The van der Waals surface area contributed by atoms with E-state index in [2.05, 4.69) is 24.4 Å². The van der Waals surface area contributed by atoms with Gasteiger partial charge in [0.2, 0.25) is 0 Å². The van der Waals surface area contributed by atoms with E-state index in [0.29, 0.717) is 12.5 Å². The lowest BCUT2D eigenvalue weighted by Gasteiger charge is -2.13. The van der Waals surface area contributed by atoms with Crippen molar-refractivity contribution in [2.75, 3.05) is 0 Å². The van der Waals surface area contributed by atoms with E-state index in [1.807, 2.05) is 18.2 Å². The number of rotatable bonds is 6. The Bertz CT molecular complexity index is 258. The Morgan fingerprint density at radius 1 is 1.36 bits per heavy atom. The van der Waals surface area contributed by atoms with Gasteiger partial charge >= 0.3 is 0 Å². The fourth-order valence-corrected chi connectivity index (χ4v) is 1.37. The van der Waals surface area contributed by atoms with Crippen LogP contribution in [0, 0.1) is 0 Å². The molecule has 76 valence electrons. The molecule has 1 N–H and O–H groups in total. The number of benzene rings is 1. The van der Waals surface area contributed by atoms with Gasteiger partial charge in [0, 0.05) is 19.0 Å². The molecule has 0 aliphatic carbocycles. The van der Waals surface area contributed by atoms with Gasteiger partial charge in [0.15, 0.2) is 0 Å². The minimum absolute atomic E-state index is 0.313. The van der Waals surface area contributed by atoms with Gasteiger partial charge in [-0.25, -0.2) is 0 Å². The first-order chi connectivity index (χ1) is 6.86. The average molecular weight is 191 g/mol. The average Bonchev–Trinajstić information content (AvgIpc) is 2.25. The summed E-state index contributed by atoms with van der Waals surface area (Å²) in [4.78, 5) is 10.3. The molecule has 1 aromatic rings. The minimum atomic E-state index is 0.313. The van der Waals surface area contributed by atoms with Crippen LogP contribution in [0.4, 0.5) is 0 Å². The third-order valence-corrected chi connectivity index (χ3v) is 2.31. The van der Waals surface area contributed by atoms with Crippen molar-refractivity contribution in [3.8, 4) is 0 Å². The maximum Gasteiger partial charge on any atom is 0.121 e. The number of hydrogen-bond acceptors (Lipinski definition) is 2. The van der Waals surface area contributed by atoms with Crippen LogP contribution in [0.15, 0.2) is 30.3 Å². The molecule has 1 aromatic carbocycles. The largest absolute Gasteiger partial charge is 0.310 e. The molecule has 0 saturated heterocycles. The molecule has 0 amide bonds. The highest BCUT2D eigenvalue weighted by atomic mass is 16.1. The topological polar surface area (TPSA) is 29.1 Å². The molecule has 0 heterocycles. The van der Waals surface area contributed by atoms with Crippen LogP contribution >= 0.6 is 0 Å². The van der Waals surface area contributed by atoms with Gasteiger partial charge in [-0.15, -0.1) is 0 Å². The van der Waals surface area contributed by atoms with Crippen molar-refractivity contribution in [1.82, 2.24) is 5.32 Å². The van der Waals surface area contributed by atoms with Gasteiger partial charge in [0.25, 0.3) is 0 Å². The van der Waals surface area contributed by atoms with E-state index in [4.69, 9.17) is 0 Å². The fraction of sp³-hybridized carbons (Fsp3) is 0.417. The fourth-order valence-electron chi connectivity index (χ4n) is 1.37. The number of nitrogens with one attached hydrogen (secondary N) is 1. The first-order valence-electron chi connectivity index (χ1n) is 5.07. The lowest BCUT2D eigenvalue weighted by Crippen LogP contribution is -2.28. The second-order valence-electron chi connectivity index (χ2n) is 3.37. The van der Waals surface area contributed by atoms with Gasteiger partial charge in [-0.05, 0) is 12.0 Å². The van der Waals surface area contributed by atoms with Gasteiger partial charge in [0.05, 0.1) is 0 Å². The third-order valence-electron chi connectivity index (χ3n) is 2.31. The van der Waals surface area contributed by atoms with E-state index in [-0.39, 0.29) is 0 Å². The van der Waals surface area contributed by atoms with Crippen LogP contribution in [0.2, 0.25) is 0 Å². The van der Waals surface area contributed by atoms with Gasteiger partial charge in [-0.1, -0.05) is 37.3 Å². The molecule has 0 aliphatic heterocycles. The molecular formula is C12H17NO. The minimum Gasteiger partial charge on any atom is -0.310 e. The first kappa shape index (κ1) is 10.9.